The van der Waals surface area contributed by atoms with Crippen molar-refractivity contribution in [3.8, 4) is 0 Å². The van der Waals surface area contributed by atoms with Gasteiger partial charge in [-0.15, -0.1) is 0 Å². The van der Waals surface area contributed by atoms with Crippen molar-refractivity contribution in [1.82, 2.24) is 4.90 Å². The smallest absolute Gasteiger partial charge is 0.338 e. The Balaban J connectivity index is 1.54. The second-order valence-corrected chi connectivity index (χ2v) is 13.3. The van der Waals surface area contributed by atoms with Gasteiger partial charge in [0.25, 0.3) is 11.8 Å². The zero-order valence-corrected chi connectivity index (χ0v) is 25.6. The SMILES string of the molecule is CS(=O)(=O)CC[C@@H](C(=O)OCc1ccc(Cl)cc1Cl)N1C(=O)c2ccc(C(=O)OCc3ccc(Cl)cc3Cl)cc2C1=O. The number of fused-ring (bicyclic) bond motifs is 1. The summed E-state index contributed by atoms with van der Waals surface area (Å²) in [6, 6.07) is 11.4. The molecule has 0 unspecified atom stereocenters. The lowest BCUT2D eigenvalue weighted by Gasteiger charge is -2.24. The highest BCUT2D eigenvalue weighted by atomic mass is 35.5. The topological polar surface area (TPSA) is 124 Å². The molecule has 3 aromatic rings. The van der Waals surface area contributed by atoms with Crippen molar-refractivity contribution in [3.05, 3.63) is 103 Å². The Bertz CT molecular complexity index is 1710. The Morgan fingerprint density at radius 3 is 1.88 bits per heavy atom. The van der Waals surface area contributed by atoms with Gasteiger partial charge in [0, 0.05) is 37.5 Å². The van der Waals surface area contributed by atoms with Gasteiger partial charge in [0.1, 0.15) is 29.1 Å². The number of sulfone groups is 1. The van der Waals surface area contributed by atoms with Crippen LogP contribution >= 0.6 is 46.4 Å². The van der Waals surface area contributed by atoms with Crippen LogP contribution in [0.3, 0.4) is 0 Å². The molecule has 0 spiro atoms. The van der Waals surface area contributed by atoms with Crippen LogP contribution in [0.1, 0.15) is 48.6 Å². The van der Waals surface area contributed by atoms with Crippen LogP contribution in [0.4, 0.5) is 0 Å². The molecule has 0 bridgehead atoms. The molecule has 14 heteroatoms. The number of imide groups is 1. The van der Waals surface area contributed by atoms with Crippen molar-refractivity contribution in [2.75, 3.05) is 12.0 Å². The normalized spacial score (nSPS) is 13.6. The molecule has 0 saturated heterocycles. The number of halogens is 4. The lowest BCUT2D eigenvalue weighted by atomic mass is 10.1. The maximum absolute atomic E-state index is 13.4. The minimum atomic E-state index is -3.59. The van der Waals surface area contributed by atoms with Crippen LogP contribution < -0.4 is 0 Å². The second-order valence-electron chi connectivity index (χ2n) is 9.33. The van der Waals surface area contributed by atoms with E-state index in [0.717, 1.165) is 6.26 Å². The summed E-state index contributed by atoms with van der Waals surface area (Å²) in [5.41, 5.74) is 0.642. The van der Waals surface area contributed by atoms with E-state index in [1.165, 1.54) is 42.5 Å². The van der Waals surface area contributed by atoms with Crippen molar-refractivity contribution in [1.29, 1.82) is 0 Å². The molecule has 1 heterocycles. The van der Waals surface area contributed by atoms with Crippen molar-refractivity contribution >= 4 is 80.0 Å². The van der Waals surface area contributed by atoms with Gasteiger partial charge in [-0.05, 0) is 48.9 Å². The van der Waals surface area contributed by atoms with Gasteiger partial charge in [-0.3, -0.25) is 14.5 Å². The molecular weight excluding hydrogens is 652 g/mol. The number of ether oxygens (including phenoxy) is 2. The van der Waals surface area contributed by atoms with E-state index in [4.69, 9.17) is 55.9 Å². The highest BCUT2D eigenvalue weighted by Crippen LogP contribution is 2.29. The Morgan fingerprint density at radius 2 is 1.33 bits per heavy atom. The fraction of sp³-hybridized carbons (Fsp3) is 0.214. The molecule has 3 aromatic carbocycles. The molecule has 0 aromatic heterocycles. The molecule has 0 saturated carbocycles. The van der Waals surface area contributed by atoms with Crippen LogP contribution in [0.25, 0.3) is 0 Å². The number of carbonyl (C=O) groups is 4. The highest BCUT2D eigenvalue weighted by molar-refractivity contribution is 7.90. The summed E-state index contributed by atoms with van der Waals surface area (Å²) in [5.74, 6) is -4.06. The molecule has 0 N–H and O–H groups in total. The average molecular weight is 673 g/mol. The van der Waals surface area contributed by atoms with Crippen LogP contribution in [0.5, 0.6) is 0 Å². The molecule has 0 fully saturated rings. The van der Waals surface area contributed by atoms with Gasteiger partial charge in [0.15, 0.2) is 0 Å². The molecule has 4 rings (SSSR count). The summed E-state index contributed by atoms with van der Waals surface area (Å²) in [5, 5.41) is 1.30. The maximum Gasteiger partial charge on any atom is 0.338 e. The zero-order valence-electron chi connectivity index (χ0n) is 21.7. The number of amides is 2. The van der Waals surface area contributed by atoms with E-state index in [1.54, 1.807) is 12.1 Å². The van der Waals surface area contributed by atoms with E-state index in [1.807, 2.05) is 0 Å². The van der Waals surface area contributed by atoms with Gasteiger partial charge in [-0.25, -0.2) is 18.0 Å². The molecule has 2 amide bonds. The molecule has 0 aliphatic carbocycles. The summed E-state index contributed by atoms with van der Waals surface area (Å²) in [4.78, 5) is 53.2. The van der Waals surface area contributed by atoms with Crippen LogP contribution in [0, 0.1) is 0 Å². The quantitative estimate of drug-likeness (QED) is 0.196. The molecule has 1 aliphatic rings. The first-order valence-corrected chi connectivity index (χ1v) is 15.7. The Labute approximate surface area is 261 Å². The first-order chi connectivity index (χ1) is 19.7. The predicted molar refractivity (Wildman–Crippen MR) is 157 cm³/mol. The molecule has 9 nitrogen and oxygen atoms in total. The molecular formula is C28H21Cl4NO8S. The van der Waals surface area contributed by atoms with Gasteiger partial charge in [0.2, 0.25) is 0 Å². The van der Waals surface area contributed by atoms with Crippen molar-refractivity contribution < 1.29 is 37.1 Å². The van der Waals surface area contributed by atoms with Crippen LogP contribution in [0.2, 0.25) is 20.1 Å². The number of esters is 2. The van der Waals surface area contributed by atoms with Gasteiger partial charge >= 0.3 is 11.9 Å². The molecule has 0 radical (unpaired) electrons. The fourth-order valence-corrected chi connectivity index (χ4v) is 5.67. The third-order valence-electron chi connectivity index (χ3n) is 6.26. The number of rotatable bonds is 10. The lowest BCUT2D eigenvalue weighted by molar-refractivity contribution is -0.149. The second kappa shape index (κ2) is 13.0. The number of hydrogen-bond acceptors (Lipinski definition) is 8. The van der Waals surface area contributed by atoms with Crippen molar-refractivity contribution in [3.63, 3.8) is 0 Å². The van der Waals surface area contributed by atoms with Crippen LogP contribution in [0.15, 0.2) is 54.6 Å². The number of carbonyl (C=O) groups excluding carboxylic acids is 4. The molecule has 42 heavy (non-hydrogen) atoms. The Morgan fingerprint density at radius 1 is 0.786 bits per heavy atom. The Kier molecular flexibility index (Phi) is 9.84. The van der Waals surface area contributed by atoms with Crippen molar-refractivity contribution in [2.45, 2.75) is 25.7 Å². The van der Waals surface area contributed by atoms with E-state index < -0.39 is 51.8 Å². The number of nitrogens with zero attached hydrogens (tertiary/aromatic N) is 1. The molecule has 220 valence electrons. The summed E-state index contributed by atoms with van der Waals surface area (Å²) < 4.78 is 34.4. The Hall–Kier alpha value is -3.15. The van der Waals surface area contributed by atoms with Gasteiger partial charge in [-0.2, -0.15) is 0 Å². The third kappa shape index (κ3) is 7.43. The van der Waals surface area contributed by atoms with E-state index >= 15 is 0 Å². The van der Waals surface area contributed by atoms with Gasteiger partial charge in [0.05, 0.1) is 22.4 Å². The first-order valence-electron chi connectivity index (χ1n) is 12.2. The third-order valence-corrected chi connectivity index (χ3v) is 8.41. The largest absolute Gasteiger partial charge is 0.459 e. The minimum absolute atomic E-state index is 0.0329. The first kappa shape index (κ1) is 31.8. The van der Waals surface area contributed by atoms with E-state index in [2.05, 4.69) is 0 Å². The zero-order chi connectivity index (χ0) is 30.8. The van der Waals surface area contributed by atoms with Gasteiger partial charge < -0.3 is 9.47 Å². The standard InChI is InChI=1S/C28H21Cl4NO8S/c1-42(38,39)9-8-24(28(37)41-14-17-3-6-19(30)12-23(17)32)33-25(34)20-7-4-15(10-21(20)26(33)35)27(36)40-13-16-2-5-18(29)11-22(16)31/h2-7,10-12,24H,8-9,13-14H2,1H3/t24-/m0/s1. The summed E-state index contributed by atoms with van der Waals surface area (Å²) in [6.07, 6.45) is 0.550. The van der Waals surface area contributed by atoms with Gasteiger partial charge in [-0.1, -0.05) is 58.5 Å². The fourth-order valence-electron chi connectivity index (χ4n) is 4.10. The maximum atomic E-state index is 13.4. The summed E-state index contributed by atoms with van der Waals surface area (Å²) in [7, 11) is -3.59. The summed E-state index contributed by atoms with van der Waals surface area (Å²) in [6.45, 7) is -0.497. The number of benzene rings is 3. The monoisotopic (exact) mass is 671 g/mol. The molecule has 1 aliphatic heterocycles. The van der Waals surface area contributed by atoms with Crippen LogP contribution in [-0.4, -0.2) is 55.1 Å². The van der Waals surface area contributed by atoms with Crippen LogP contribution in [-0.2, 0) is 37.3 Å². The summed E-state index contributed by atoms with van der Waals surface area (Å²) >= 11 is 24.0. The highest BCUT2D eigenvalue weighted by Gasteiger charge is 2.44. The predicted octanol–water partition coefficient (Wildman–Crippen LogP) is 5.80. The lowest BCUT2D eigenvalue weighted by Crippen LogP contribution is -2.46. The van der Waals surface area contributed by atoms with E-state index in [0.29, 0.717) is 31.1 Å². The number of hydrogen-bond donors (Lipinski definition) is 0. The minimum Gasteiger partial charge on any atom is -0.459 e. The van der Waals surface area contributed by atoms with Crippen molar-refractivity contribution in [2.24, 2.45) is 0 Å². The van der Waals surface area contributed by atoms with E-state index in [-0.39, 0.29) is 34.9 Å². The molecule has 1 atom stereocenters. The average Bonchev–Trinajstić information content (AvgIpc) is 3.16. The van der Waals surface area contributed by atoms with E-state index in [9.17, 15) is 27.6 Å².